The van der Waals surface area contributed by atoms with E-state index in [2.05, 4.69) is 22.4 Å². The molecule has 1 aliphatic rings. The number of hydrogen-bond donors (Lipinski definition) is 2. The third kappa shape index (κ3) is 3.74. The summed E-state index contributed by atoms with van der Waals surface area (Å²) in [6, 6.07) is 15.7. The van der Waals surface area contributed by atoms with Crippen LogP contribution in [0.25, 0.3) is 17.0 Å². The zero-order chi connectivity index (χ0) is 21.2. The molecule has 7 nitrogen and oxygen atoms in total. The Balaban J connectivity index is 1.59. The molecule has 0 radical (unpaired) electrons. The van der Waals surface area contributed by atoms with Crippen LogP contribution >= 0.6 is 0 Å². The van der Waals surface area contributed by atoms with Crippen molar-refractivity contribution in [2.45, 2.75) is 38.6 Å². The van der Waals surface area contributed by atoms with Crippen LogP contribution in [0.1, 0.15) is 46.6 Å². The number of aromatic nitrogens is 4. The van der Waals surface area contributed by atoms with Crippen LogP contribution in [0.4, 0.5) is 5.82 Å². The van der Waals surface area contributed by atoms with Crippen LogP contribution in [0.2, 0.25) is 0 Å². The maximum absolute atomic E-state index is 11.8. The molecule has 156 valence electrons. The molecule has 3 heterocycles. The van der Waals surface area contributed by atoms with Gasteiger partial charge in [0.05, 0.1) is 5.52 Å². The summed E-state index contributed by atoms with van der Waals surface area (Å²) in [4.78, 5) is 26.1. The number of primary amides is 1. The number of pyridine rings is 1. The Hall–Kier alpha value is -3.74. The highest BCUT2D eigenvalue weighted by atomic mass is 16.1. The number of carbonyl (C=O) groups is 1. The summed E-state index contributed by atoms with van der Waals surface area (Å²) in [6.07, 6.45) is 6.98. The van der Waals surface area contributed by atoms with Crippen LogP contribution in [0.15, 0.2) is 54.9 Å². The lowest BCUT2D eigenvalue weighted by atomic mass is 10.1. The lowest BCUT2D eigenvalue weighted by Crippen LogP contribution is -2.15. The van der Waals surface area contributed by atoms with Gasteiger partial charge in [0.15, 0.2) is 5.82 Å². The predicted molar refractivity (Wildman–Crippen MR) is 120 cm³/mol. The van der Waals surface area contributed by atoms with E-state index < -0.39 is 5.91 Å². The first-order valence-corrected chi connectivity index (χ1v) is 10.6. The van der Waals surface area contributed by atoms with Crippen molar-refractivity contribution in [3.05, 3.63) is 77.4 Å². The normalized spacial score (nSPS) is 13.5. The monoisotopic (exact) mass is 412 g/mol. The van der Waals surface area contributed by atoms with E-state index in [1.807, 2.05) is 24.3 Å². The Morgan fingerprint density at radius 1 is 1.00 bits per heavy atom. The van der Waals surface area contributed by atoms with Gasteiger partial charge in [-0.25, -0.2) is 15.0 Å². The molecular formula is C24H24N6O. The molecule has 7 heteroatoms. The van der Waals surface area contributed by atoms with Gasteiger partial charge >= 0.3 is 0 Å². The third-order valence-electron chi connectivity index (χ3n) is 5.77. The number of rotatable bonds is 5. The standard InChI is InChI=1S/C24H24N6O/c25-22(31)20-13-7-12-19-21(27-15-30(19)20)24-28-18-11-6-2-5-10-17(18)23(29-24)26-14-16-8-3-1-4-9-16/h1,3-4,7-9,12-13,15H,2,5-6,10-11,14H2,(H2,25,31)(H,26,28,29). The second-order valence-corrected chi connectivity index (χ2v) is 7.84. The maximum Gasteiger partial charge on any atom is 0.265 e. The maximum atomic E-state index is 11.8. The number of anilines is 1. The van der Waals surface area contributed by atoms with Gasteiger partial charge in [0.25, 0.3) is 5.91 Å². The second kappa shape index (κ2) is 8.18. The van der Waals surface area contributed by atoms with Crippen LogP contribution in [-0.2, 0) is 19.4 Å². The molecule has 0 atom stereocenters. The third-order valence-corrected chi connectivity index (χ3v) is 5.77. The minimum atomic E-state index is -0.498. The molecule has 31 heavy (non-hydrogen) atoms. The number of nitrogens with two attached hydrogens (primary N) is 1. The Bertz CT molecular complexity index is 1250. The van der Waals surface area contributed by atoms with Gasteiger partial charge in [0.2, 0.25) is 0 Å². The van der Waals surface area contributed by atoms with Gasteiger partial charge in [-0.15, -0.1) is 0 Å². The van der Waals surface area contributed by atoms with Gasteiger partial charge in [-0.05, 0) is 43.4 Å². The minimum Gasteiger partial charge on any atom is -0.366 e. The SMILES string of the molecule is NC(=O)c1cccc2c(-c3nc4c(c(NCc5ccccc5)n3)CCCCC4)ncn12. The van der Waals surface area contributed by atoms with Gasteiger partial charge in [-0.3, -0.25) is 9.20 Å². The summed E-state index contributed by atoms with van der Waals surface area (Å²) in [7, 11) is 0. The number of hydrogen-bond acceptors (Lipinski definition) is 5. The molecule has 0 bridgehead atoms. The first-order chi connectivity index (χ1) is 15.2. The van der Waals surface area contributed by atoms with Crippen LogP contribution < -0.4 is 11.1 Å². The molecule has 3 aromatic heterocycles. The Labute approximate surface area is 180 Å². The van der Waals surface area contributed by atoms with Gasteiger partial charge in [-0.1, -0.05) is 42.8 Å². The number of aryl methyl sites for hydroxylation is 1. The summed E-state index contributed by atoms with van der Waals surface area (Å²) >= 11 is 0. The fraction of sp³-hybridized carbons (Fsp3) is 0.250. The summed E-state index contributed by atoms with van der Waals surface area (Å²) < 4.78 is 1.70. The van der Waals surface area contributed by atoms with Crippen LogP contribution in [0, 0.1) is 0 Å². The van der Waals surface area contributed by atoms with Crippen LogP contribution in [0.3, 0.4) is 0 Å². The molecular weight excluding hydrogens is 388 g/mol. The second-order valence-electron chi connectivity index (χ2n) is 7.84. The number of benzene rings is 1. The summed E-state index contributed by atoms with van der Waals surface area (Å²) in [6.45, 7) is 0.694. The average Bonchev–Trinajstić information content (AvgIpc) is 3.08. The molecule has 3 N–H and O–H groups in total. The predicted octanol–water partition coefficient (Wildman–Crippen LogP) is 3.77. The molecule has 5 rings (SSSR count). The molecule has 0 spiro atoms. The highest BCUT2D eigenvalue weighted by molar-refractivity contribution is 5.92. The lowest BCUT2D eigenvalue weighted by molar-refractivity contribution is 0.0994. The van der Waals surface area contributed by atoms with E-state index >= 15 is 0 Å². The van der Waals surface area contributed by atoms with Gasteiger partial charge < -0.3 is 11.1 Å². The molecule has 0 fully saturated rings. The van der Waals surface area contributed by atoms with Crippen LogP contribution in [0.5, 0.6) is 0 Å². The van der Waals surface area contributed by atoms with Gasteiger partial charge in [-0.2, -0.15) is 0 Å². The smallest absolute Gasteiger partial charge is 0.265 e. The van der Waals surface area contributed by atoms with E-state index in [1.54, 1.807) is 22.9 Å². The van der Waals surface area contributed by atoms with Gasteiger partial charge in [0, 0.05) is 17.8 Å². The topological polar surface area (TPSA) is 98.2 Å². The molecule has 0 aliphatic heterocycles. The average molecular weight is 412 g/mol. The number of nitrogens with one attached hydrogen (secondary N) is 1. The van der Waals surface area contributed by atoms with E-state index in [9.17, 15) is 4.79 Å². The summed E-state index contributed by atoms with van der Waals surface area (Å²) in [5.41, 5.74) is 10.8. The van der Waals surface area contributed by atoms with Crippen LogP contribution in [-0.4, -0.2) is 25.3 Å². The van der Waals surface area contributed by atoms with E-state index in [0.29, 0.717) is 23.8 Å². The first-order valence-electron chi connectivity index (χ1n) is 10.6. The molecule has 4 aromatic rings. The molecule has 1 aromatic carbocycles. The van der Waals surface area contributed by atoms with E-state index in [1.165, 1.54) is 17.5 Å². The largest absolute Gasteiger partial charge is 0.366 e. The zero-order valence-corrected chi connectivity index (χ0v) is 17.2. The van der Waals surface area contributed by atoms with Crippen molar-refractivity contribution in [1.82, 2.24) is 19.4 Å². The molecule has 1 amide bonds. The highest BCUT2D eigenvalue weighted by Crippen LogP contribution is 2.29. The molecule has 0 saturated heterocycles. The number of fused-ring (bicyclic) bond motifs is 2. The number of nitrogens with zero attached hydrogens (tertiary/aromatic N) is 4. The first kappa shape index (κ1) is 19.2. The summed E-state index contributed by atoms with van der Waals surface area (Å²) in [5.74, 6) is 0.945. The Kier molecular flexibility index (Phi) is 5.08. The fourth-order valence-electron chi connectivity index (χ4n) is 4.20. The number of carbonyl (C=O) groups excluding carboxylic acids is 1. The van der Waals surface area contributed by atoms with Crippen molar-refractivity contribution < 1.29 is 4.79 Å². The van der Waals surface area contributed by atoms with Crippen molar-refractivity contribution in [3.8, 4) is 11.5 Å². The zero-order valence-electron chi connectivity index (χ0n) is 17.2. The highest BCUT2D eigenvalue weighted by Gasteiger charge is 2.20. The molecule has 0 saturated carbocycles. The van der Waals surface area contributed by atoms with Crippen molar-refractivity contribution >= 4 is 17.2 Å². The van der Waals surface area contributed by atoms with Gasteiger partial charge in [0.1, 0.15) is 23.5 Å². The van der Waals surface area contributed by atoms with E-state index in [4.69, 9.17) is 15.7 Å². The fourth-order valence-corrected chi connectivity index (χ4v) is 4.20. The molecule has 0 unspecified atom stereocenters. The Morgan fingerprint density at radius 3 is 2.68 bits per heavy atom. The van der Waals surface area contributed by atoms with Crippen molar-refractivity contribution in [2.75, 3.05) is 5.32 Å². The van der Waals surface area contributed by atoms with E-state index in [-0.39, 0.29) is 0 Å². The number of amides is 1. The molecule has 1 aliphatic carbocycles. The number of imidazole rings is 1. The summed E-state index contributed by atoms with van der Waals surface area (Å²) in [5, 5.41) is 3.54. The van der Waals surface area contributed by atoms with Crippen molar-refractivity contribution in [1.29, 1.82) is 0 Å². The van der Waals surface area contributed by atoms with E-state index in [0.717, 1.165) is 42.7 Å². The van der Waals surface area contributed by atoms with Crippen molar-refractivity contribution in [3.63, 3.8) is 0 Å². The lowest BCUT2D eigenvalue weighted by Gasteiger charge is -2.15. The van der Waals surface area contributed by atoms with Crippen molar-refractivity contribution in [2.24, 2.45) is 5.73 Å². The minimum absolute atomic E-state index is 0.383. The quantitative estimate of drug-likeness (QED) is 0.486. The Morgan fingerprint density at radius 2 is 1.84 bits per heavy atom.